The maximum Gasteiger partial charge on any atom is 0.307 e. The minimum atomic E-state index is -0.876. The number of allylic oxidation sites excluding steroid dienone is 1. The van der Waals surface area contributed by atoms with E-state index in [2.05, 4.69) is 0 Å². The molecule has 6 heteroatoms. The second-order valence-electron chi connectivity index (χ2n) is 7.83. The van der Waals surface area contributed by atoms with Gasteiger partial charge in [0.25, 0.3) is 0 Å². The Morgan fingerprint density at radius 1 is 1.31 bits per heavy atom. The monoisotopic (exact) mass is 362 g/mol. The fraction of sp³-hybridized carbons (Fsp3) is 0.600. The number of carboxylic acids is 1. The number of aryl methyl sites for hydroxylation is 1. The second-order valence-corrected chi connectivity index (χ2v) is 7.83. The number of Topliss-reactive ketones (excluding diaryl/α,β-unsaturated/α-hetero) is 1. The Morgan fingerprint density at radius 2 is 2.04 bits per heavy atom. The third-order valence-corrected chi connectivity index (χ3v) is 6.32. The van der Waals surface area contributed by atoms with Crippen LogP contribution in [0, 0.1) is 24.2 Å². The average molecular weight is 362 g/mol. The molecule has 2 aliphatic rings. The van der Waals surface area contributed by atoms with Crippen molar-refractivity contribution in [3.8, 4) is 0 Å². The summed E-state index contributed by atoms with van der Waals surface area (Å²) in [6.07, 6.45) is 3.42. The molecule has 26 heavy (non-hydrogen) atoms. The van der Waals surface area contributed by atoms with Crippen LogP contribution in [0.25, 0.3) is 0 Å². The Hall–Kier alpha value is -1.92. The lowest BCUT2D eigenvalue weighted by Gasteiger charge is -2.50. The highest BCUT2D eigenvalue weighted by molar-refractivity contribution is 5.96. The van der Waals surface area contributed by atoms with E-state index in [0.29, 0.717) is 37.0 Å². The lowest BCUT2D eigenvalue weighted by molar-refractivity contribution is -0.147. The van der Waals surface area contributed by atoms with Gasteiger partial charge in [0.05, 0.1) is 30.0 Å². The average Bonchev–Trinajstić information content (AvgIpc) is 3.00. The highest BCUT2D eigenvalue weighted by Crippen LogP contribution is 2.54. The van der Waals surface area contributed by atoms with Crippen LogP contribution in [0.1, 0.15) is 55.1 Å². The third-order valence-electron chi connectivity index (χ3n) is 6.32. The van der Waals surface area contributed by atoms with Crippen molar-refractivity contribution in [1.29, 1.82) is 0 Å². The first-order chi connectivity index (χ1) is 12.2. The summed E-state index contributed by atoms with van der Waals surface area (Å²) in [4.78, 5) is 24.3. The van der Waals surface area contributed by atoms with E-state index < -0.39 is 29.5 Å². The van der Waals surface area contributed by atoms with Crippen LogP contribution in [-0.4, -0.2) is 39.3 Å². The van der Waals surface area contributed by atoms with Gasteiger partial charge in [-0.2, -0.15) is 0 Å². The molecule has 0 unspecified atom stereocenters. The Bertz CT molecular complexity index is 732. The van der Waals surface area contributed by atoms with Crippen molar-refractivity contribution < 1.29 is 29.3 Å². The molecule has 0 bridgehead atoms. The van der Waals surface area contributed by atoms with Crippen molar-refractivity contribution in [1.82, 2.24) is 0 Å². The van der Waals surface area contributed by atoms with Crippen molar-refractivity contribution in [2.24, 2.45) is 17.3 Å². The summed E-state index contributed by atoms with van der Waals surface area (Å²) in [6, 6.07) is 1.64. The van der Waals surface area contributed by atoms with Gasteiger partial charge >= 0.3 is 5.97 Å². The fourth-order valence-electron chi connectivity index (χ4n) is 4.77. The number of hydrogen-bond donors (Lipinski definition) is 3. The molecule has 5 atom stereocenters. The quantitative estimate of drug-likeness (QED) is 0.549. The molecule has 0 radical (unpaired) electrons. The summed E-state index contributed by atoms with van der Waals surface area (Å²) in [5.74, 6) is -1.23. The summed E-state index contributed by atoms with van der Waals surface area (Å²) < 4.78 is 5.18. The molecule has 142 valence electrons. The predicted molar refractivity (Wildman–Crippen MR) is 93.7 cm³/mol. The maximum atomic E-state index is 12.5. The standard InChI is InChI=1S/C20H26O6/c1-11-13(7-8-26-11)16(21)6-5-15-14(19(24)25)4-3-12-9-17(22)18(23)10-20(12,15)2/h3,7-8,14-15,17-18,22-23H,4-6,9-10H2,1-2H3,(H,24,25)/t14-,15+,17-,18-,20+/m1/s1. The molecule has 6 nitrogen and oxygen atoms in total. The Kier molecular flexibility index (Phi) is 5.08. The van der Waals surface area contributed by atoms with E-state index in [4.69, 9.17) is 4.42 Å². The number of fused-ring (bicyclic) bond motifs is 1. The van der Waals surface area contributed by atoms with E-state index in [1.54, 1.807) is 13.0 Å². The van der Waals surface area contributed by atoms with Crippen molar-refractivity contribution in [2.45, 2.75) is 58.2 Å². The zero-order valence-electron chi connectivity index (χ0n) is 15.1. The first-order valence-corrected chi connectivity index (χ1v) is 9.09. The topological polar surface area (TPSA) is 108 Å². The first-order valence-electron chi connectivity index (χ1n) is 9.09. The number of furan rings is 1. The molecule has 0 spiro atoms. The molecule has 0 saturated heterocycles. The number of carbonyl (C=O) groups is 2. The lowest BCUT2D eigenvalue weighted by Crippen LogP contribution is -2.49. The summed E-state index contributed by atoms with van der Waals surface area (Å²) in [5.41, 5.74) is 1.02. The Morgan fingerprint density at radius 3 is 2.65 bits per heavy atom. The van der Waals surface area contributed by atoms with E-state index >= 15 is 0 Å². The van der Waals surface area contributed by atoms with E-state index in [0.717, 1.165) is 5.57 Å². The molecule has 1 heterocycles. The Balaban J connectivity index is 1.83. The molecule has 0 amide bonds. The highest BCUT2D eigenvalue weighted by Gasteiger charge is 2.50. The number of aliphatic hydroxyl groups excluding tert-OH is 2. The number of carboxylic acid groups (broad SMARTS) is 1. The molecule has 0 aromatic carbocycles. The molecule has 1 aromatic heterocycles. The first kappa shape index (κ1) is 18.9. The zero-order chi connectivity index (χ0) is 19.1. The zero-order valence-corrected chi connectivity index (χ0v) is 15.1. The minimum Gasteiger partial charge on any atom is -0.481 e. The highest BCUT2D eigenvalue weighted by atomic mass is 16.4. The molecule has 1 fully saturated rings. The number of aliphatic carboxylic acids is 1. The van der Waals surface area contributed by atoms with Gasteiger partial charge in [-0.05, 0) is 50.0 Å². The molecular formula is C20H26O6. The van der Waals surface area contributed by atoms with Gasteiger partial charge in [-0.3, -0.25) is 9.59 Å². The van der Waals surface area contributed by atoms with Gasteiger partial charge in [0.1, 0.15) is 5.76 Å². The molecule has 3 rings (SSSR count). The normalized spacial score (nSPS) is 34.1. The van der Waals surface area contributed by atoms with Crippen LogP contribution in [0.4, 0.5) is 0 Å². The van der Waals surface area contributed by atoms with Gasteiger partial charge in [-0.15, -0.1) is 0 Å². The molecular weight excluding hydrogens is 336 g/mol. The molecule has 0 aliphatic heterocycles. The van der Waals surface area contributed by atoms with Crippen molar-refractivity contribution in [3.63, 3.8) is 0 Å². The molecule has 1 saturated carbocycles. The van der Waals surface area contributed by atoms with Gasteiger partial charge in [0.2, 0.25) is 0 Å². The summed E-state index contributed by atoms with van der Waals surface area (Å²) in [6.45, 7) is 3.69. The number of rotatable bonds is 5. The molecule has 1 aromatic rings. The van der Waals surface area contributed by atoms with Crippen LogP contribution < -0.4 is 0 Å². The number of ketones is 1. The van der Waals surface area contributed by atoms with Crippen molar-refractivity contribution in [2.75, 3.05) is 0 Å². The van der Waals surface area contributed by atoms with Gasteiger partial charge < -0.3 is 19.7 Å². The SMILES string of the molecule is Cc1occc1C(=O)CC[C@H]1[C@H](C(=O)O)CC=C2C[C@@H](O)[C@H](O)C[C@@]21C. The van der Waals surface area contributed by atoms with Crippen LogP contribution in [0.2, 0.25) is 0 Å². The van der Waals surface area contributed by atoms with Gasteiger partial charge in [0, 0.05) is 6.42 Å². The number of aliphatic hydroxyl groups is 2. The minimum absolute atomic E-state index is 0.0588. The fourth-order valence-corrected chi connectivity index (χ4v) is 4.77. The van der Waals surface area contributed by atoms with Gasteiger partial charge in [-0.1, -0.05) is 18.6 Å². The maximum absolute atomic E-state index is 12.5. The van der Waals surface area contributed by atoms with E-state index in [1.807, 2.05) is 13.0 Å². The molecule has 3 N–H and O–H groups in total. The predicted octanol–water partition coefficient (Wildman–Crippen LogP) is 2.72. The second kappa shape index (κ2) is 7.00. The van der Waals surface area contributed by atoms with Crippen LogP contribution in [0.15, 0.2) is 28.4 Å². The van der Waals surface area contributed by atoms with E-state index in [1.165, 1.54) is 6.26 Å². The summed E-state index contributed by atoms with van der Waals surface area (Å²) >= 11 is 0. The van der Waals surface area contributed by atoms with Crippen molar-refractivity contribution >= 4 is 11.8 Å². The van der Waals surface area contributed by atoms with E-state index in [9.17, 15) is 24.9 Å². The Labute approximate surface area is 152 Å². The van der Waals surface area contributed by atoms with Crippen LogP contribution in [0.5, 0.6) is 0 Å². The number of carbonyl (C=O) groups excluding carboxylic acids is 1. The van der Waals surface area contributed by atoms with Crippen LogP contribution in [0.3, 0.4) is 0 Å². The molecule has 2 aliphatic carbocycles. The van der Waals surface area contributed by atoms with Crippen LogP contribution >= 0.6 is 0 Å². The van der Waals surface area contributed by atoms with Gasteiger partial charge in [0.15, 0.2) is 5.78 Å². The summed E-state index contributed by atoms with van der Waals surface area (Å²) in [7, 11) is 0. The van der Waals surface area contributed by atoms with Gasteiger partial charge in [-0.25, -0.2) is 0 Å². The largest absolute Gasteiger partial charge is 0.481 e. The van der Waals surface area contributed by atoms with Crippen molar-refractivity contribution in [3.05, 3.63) is 35.3 Å². The lowest BCUT2D eigenvalue weighted by atomic mass is 9.55. The van der Waals surface area contributed by atoms with E-state index in [-0.39, 0.29) is 18.1 Å². The smallest absolute Gasteiger partial charge is 0.307 e. The number of hydrogen-bond acceptors (Lipinski definition) is 5. The van der Waals surface area contributed by atoms with Crippen LogP contribution in [-0.2, 0) is 4.79 Å². The third kappa shape index (κ3) is 3.23. The summed E-state index contributed by atoms with van der Waals surface area (Å²) in [5, 5.41) is 29.9.